The van der Waals surface area contributed by atoms with E-state index < -0.39 is 0 Å². The molecule has 0 unspecified atom stereocenters. The third kappa shape index (κ3) is 1.34. The van der Waals surface area contributed by atoms with Gasteiger partial charge in [-0.2, -0.15) is 0 Å². The van der Waals surface area contributed by atoms with Crippen molar-refractivity contribution in [2.75, 3.05) is 0 Å². The van der Waals surface area contributed by atoms with Crippen LogP contribution in [0.1, 0.15) is 18.4 Å². The van der Waals surface area contributed by atoms with Crippen LogP contribution < -0.4 is 0 Å². The molecule has 74 valence electrons. The van der Waals surface area contributed by atoms with E-state index in [2.05, 4.69) is 43.6 Å². The van der Waals surface area contributed by atoms with Gasteiger partial charge in [-0.25, -0.2) is 9.97 Å². The summed E-state index contributed by atoms with van der Waals surface area (Å²) in [4.78, 5) is 8.81. The Kier molecular flexibility index (Phi) is 2.31. The third-order valence-corrected chi connectivity index (χ3v) is 2.90. The molecule has 0 amide bonds. The summed E-state index contributed by atoms with van der Waals surface area (Å²) < 4.78 is 3.20. The molecule has 0 saturated heterocycles. The maximum absolute atomic E-state index is 4.45. The van der Waals surface area contributed by atoms with E-state index in [9.17, 15) is 0 Å². The summed E-state index contributed by atoms with van der Waals surface area (Å²) in [5, 5.41) is 1.12. The van der Waals surface area contributed by atoms with Crippen molar-refractivity contribution in [2.24, 2.45) is 0 Å². The maximum atomic E-state index is 4.45. The molecule has 2 aromatic rings. The zero-order valence-corrected chi connectivity index (χ0v) is 10.1. The standard InChI is InChI=1S/C10H12BrN3/c1-4-14-5-8(11)9-6(2)12-7(3)13-10(9)14/h5H,4H2,1-3H3. The molecule has 2 heterocycles. The van der Waals surface area contributed by atoms with E-state index in [0.717, 1.165) is 33.6 Å². The second-order valence-corrected chi connectivity index (χ2v) is 4.17. The smallest absolute Gasteiger partial charge is 0.145 e. The van der Waals surface area contributed by atoms with Gasteiger partial charge in [0.25, 0.3) is 0 Å². The molecular formula is C10H12BrN3. The molecule has 14 heavy (non-hydrogen) atoms. The molecule has 0 bridgehead atoms. The van der Waals surface area contributed by atoms with Crippen molar-refractivity contribution in [3.8, 4) is 0 Å². The van der Waals surface area contributed by atoms with Gasteiger partial charge < -0.3 is 4.57 Å². The molecule has 0 spiro atoms. The number of rotatable bonds is 1. The minimum absolute atomic E-state index is 0.829. The van der Waals surface area contributed by atoms with Crippen LogP contribution >= 0.6 is 15.9 Å². The third-order valence-electron chi connectivity index (χ3n) is 2.30. The molecule has 0 saturated carbocycles. The summed E-state index contributed by atoms with van der Waals surface area (Å²) in [6, 6.07) is 0. The van der Waals surface area contributed by atoms with Crippen LogP contribution in [-0.4, -0.2) is 14.5 Å². The Hall–Kier alpha value is -0.900. The number of hydrogen-bond acceptors (Lipinski definition) is 2. The van der Waals surface area contributed by atoms with Crippen molar-refractivity contribution < 1.29 is 0 Å². The lowest BCUT2D eigenvalue weighted by Gasteiger charge is -2.01. The van der Waals surface area contributed by atoms with Crippen LogP contribution in [-0.2, 0) is 6.54 Å². The first-order valence-corrected chi connectivity index (χ1v) is 5.42. The van der Waals surface area contributed by atoms with Crippen LogP contribution in [0.4, 0.5) is 0 Å². The maximum Gasteiger partial charge on any atom is 0.145 e. The molecule has 0 N–H and O–H groups in total. The van der Waals surface area contributed by atoms with Gasteiger partial charge in [-0.15, -0.1) is 0 Å². The average Bonchev–Trinajstić information content (AvgIpc) is 2.42. The fourth-order valence-electron chi connectivity index (χ4n) is 1.69. The van der Waals surface area contributed by atoms with Gasteiger partial charge in [0.1, 0.15) is 11.5 Å². The molecule has 0 aliphatic heterocycles. The van der Waals surface area contributed by atoms with Gasteiger partial charge in [0.05, 0.1) is 11.1 Å². The number of fused-ring (bicyclic) bond motifs is 1. The number of nitrogens with zero attached hydrogens (tertiary/aromatic N) is 3. The summed E-state index contributed by atoms with van der Waals surface area (Å²) in [6.07, 6.45) is 2.06. The van der Waals surface area contributed by atoms with E-state index >= 15 is 0 Å². The van der Waals surface area contributed by atoms with E-state index in [4.69, 9.17) is 0 Å². The van der Waals surface area contributed by atoms with Crippen LogP contribution in [0.2, 0.25) is 0 Å². The molecule has 0 aliphatic carbocycles. The first-order chi connectivity index (χ1) is 6.63. The van der Waals surface area contributed by atoms with Gasteiger partial charge in [-0.3, -0.25) is 0 Å². The lowest BCUT2D eigenvalue weighted by molar-refractivity contribution is 0.782. The molecule has 3 nitrogen and oxygen atoms in total. The SMILES string of the molecule is CCn1cc(Br)c2c(C)nc(C)nc21. The highest BCUT2D eigenvalue weighted by Gasteiger charge is 2.10. The van der Waals surface area contributed by atoms with Gasteiger partial charge in [-0.05, 0) is 36.7 Å². The van der Waals surface area contributed by atoms with E-state index in [1.807, 2.05) is 13.8 Å². The molecule has 2 aromatic heterocycles. The molecular weight excluding hydrogens is 242 g/mol. The highest BCUT2D eigenvalue weighted by atomic mass is 79.9. The van der Waals surface area contributed by atoms with E-state index in [1.54, 1.807) is 0 Å². The summed E-state index contributed by atoms with van der Waals surface area (Å²) >= 11 is 3.53. The van der Waals surface area contributed by atoms with Gasteiger partial charge in [0.15, 0.2) is 0 Å². The normalized spacial score (nSPS) is 11.1. The molecule has 0 atom stereocenters. The van der Waals surface area contributed by atoms with Crippen molar-refractivity contribution in [3.63, 3.8) is 0 Å². The zero-order valence-electron chi connectivity index (χ0n) is 8.50. The fraction of sp³-hybridized carbons (Fsp3) is 0.400. The van der Waals surface area contributed by atoms with Gasteiger partial charge in [-0.1, -0.05) is 0 Å². The minimum atomic E-state index is 0.829. The molecule has 2 rings (SSSR count). The average molecular weight is 254 g/mol. The topological polar surface area (TPSA) is 30.7 Å². The van der Waals surface area contributed by atoms with Gasteiger partial charge in [0, 0.05) is 17.2 Å². The summed E-state index contributed by atoms with van der Waals surface area (Å²) in [5.41, 5.74) is 2.05. The van der Waals surface area contributed by atoms with E-state index in [1.165, 1.54) is 0 Å². The summed E-state index contributed by atoms with van der Waals surface area (Å²) in [6.45, 7) is 6.98. The Morgan fingerprint density at radius 1 is 1.36 bits per heavy atom. The summed E-state index contributed by atoms with van der Waals surface area (Å²) in [7, 11) is 0. The van der Waals surface area contributed by atoms with Gasteiger partial charge >= 0.3 is 0 Å². The van der Waals surface area contributed by atoms with Crippen LogP contribution in [0.15, 0.2) is 10.7 Å². The predicted octanol–water partition coefficient (Wildman–Crippen LogP) is 2.83. The fourth-order valence-corrected chi connectivity index (χ4v) is 2.40. The van der Waals surface area contributed by atoms with E-state index in [-0.39, 0.29) is 0 Å². The molecule has 0 aromatic carbocycles. The Morgan fingerprint density at radius 2 is 2.07 bits per heavy atom. The van der Waals surface area contributed by atoms with Crippen molar-refractivity contribution in [3.05, 3.63) is 22.2 Å². The quantitative estimate of drug-likeness (QED) is 0.783. The van der Waals surface area contributed by atoms with Crippen molar-refractivity contribution in [1.82, 2.24) is 14.5 Å². The Bertz CT molecular complexity index is 488. The molecule has 0 aliphatic rings. The van der Waals surface area contributed by atoms with Crippen molar-refractivity contribution in [1.29, 1.82) is 0 Å². The number of aryl methyl sites for hydroxylation is 3. The monoisotopic (exact) mass is 253 g/mol. The summed E-state index contributed by atoms with van der Waals surface area (Å²) in [5.74, 6) is 0.829. The van der Waals surface area contributed by atoms with Crippen molar-refractivity contribution >= 4 is 27.0 Å². The Morgan fingerprint density at radius 3 is 2.71 bits per heavy atom. The highest BCUT2D eigenvalue weighted by molar-refractivity contribution is 9.10. The number of hydrogen-bond donors (Lipinski definition) is 0. The predicted molar refractivity (Wildman–Crippen MR) is 60.4 cm³/mol. The largest absolute Gasteiger partial charge is 0.332 e. The van der Waals surface area contributed by atoms with Crippen LogP contribution in [0.25, 0.3) is 11.0 Å². The molecule has 0 fully saturated rings. The first kappa shape index (κ1) is 9.65. The van der Waals surface area contributed by atoms with Crippen LogP contribution in [0, 0.1) is 13.8 Å². The van der Waals surface area contributed by atoms with Crippen molar-refractivity contribution in [2.45, 2.75) is 27.3 Å². The first-order valence-electron chi connectivity index (χ1n) is 4.63. The lowest BCUT2D eigenvalue weighted by Crippen LogP contribution is -1.97. The Balaban J connectivity index is 2.89. The second kappa shape index (κ2) is 3.35. The number of halogens is 1. The second-order valence-electron chi connectivity index (χ2n) is 3.32. The molecule has 0 radical (unpaired) electrons. The zero-order chi connectivity index (χ0) is 10.3. The van der Waals surface area contributed by atoms with Crippen LogP contribution in [0.3, 0.4) is 0 Å². The lowest BCUT2D eigenvalue weighted by atomic mass is 10.3. The van der Waals surface area contributed by atoms with Gasteiger partial charge in [0.2, 0.25) is 0 Å². The molecule has 4 heteroatoms. The highest BCUT2D eigenvalue weighted by Crippen LogP contribution is 2.26. The number of aromatic nitrogens is 3. The van der Waals surface area contributed by atoms with E-state index in [0.29, 0.717) is 0 Å². The minimum Gasteiger partial charge on any atom is -0.332 e. The van der Waals surface area contributed by atoms with Crippen LogP contribution in [0.5, 0.6) is 0 Å². The Labute approximate surface area is 91.3 Å².